The molecular weight excluding hydrogens is 432 g/mol. The second kappa shape index (κ2) is 9.72. The third-order valence-corrected chi connectivity index (χ3v) is 6.42. The summed E-state index contributed by atoms with van der Waals surface area (Å²) in [6.07, 6.45) is 0. The lowest BCUT2D eigenvalue weighted by Crippen LogP contribution is -2.75. The standard InChI is InChI=1S/C23H20N2O6S/c26-11-16-14-32-22-19(24-18(27)13-30-17-9-5-2-6-10-17)21(28)25(22)20(16)23(29)31-12-15-7-3-1-4-8-15/h1-10,19-20,22H,12-14H2,(H,24,27)/t19?,20?,22-/m0/s1. The molecule has 1 N–H and O–H groups in total. The van der Waals surface area contributed by atoms with Gasteiger partial charge in [-0.2, -0.15) is 0 Å². The van der Waals surface area contributed by atoms with Crippen molar-refractivity contribution >= 4 is 35.5 Å². The zero-order valence-electron chi connectivity index (χ0n) is 16.9. The van der Waals surface area contributed by atoms with Crippen LogP contribution in [0.25, 0.3) is 0 Å². The number of nitrogens with zero attached hydrogens (tertiary/aromatic N) is 1. The Kier molecular flexibility index (Phi) is 6.58. The number of esters is 1. The van der Waals surface area contributed by atoms with E-state index in [1.807, 2.05) is 24.3 Å². The van der Waals surface area contributed by atoms with E-state index in [2.05, 4.69) is 5.32 Å². The number of carbonyl (C=O) groups excluding carboxylic acids is 4. The van der Waals surface area contributed by atoms with Crippen LogP contribution in [0.2, 0.25) is 0 Å². The van der Waals surface area contributed by atoms with Crippen LogP contribution in [-0.4, -0.2) is 58.4 Å². The van der Waals surface area contributed by atoms with Crippen molar-refractivity contribution in [2.45, 2.75) is 24.1 Å². The summed E-state index contributed by atoms with van der Waals surface area (Å²) < 4.78 is 10.8. The Morgan fingerprint density at radius 1 is 1.09 bits per heavy atom. The second-order valence-corrected chi connectivity index (χ2v) is 8.32. The number of fused-ring (bicyclic) bond motifs is 1. The first kappa shape index (κ1) is 21.7. The zero-order chi connectivity index (χ0) is 22.5. The Labute approximate surface area is 188 Å². The molecule has 2 unspecified atom stereocenters. The lowest BCUT2D eigenvalue weighted by molar-refractivity contribution is -0.164. The molecular formula is C23H20N2O6S. The van der Waals surface area contributed by atoms with E-state index < -0.39 is 35.2 Å². The number of benzene rings is 2. The predicted octanol–water partition coefficient (Wildman–Crippen LogP) is 1.34. The first-order chi connectivity index (χ1) is 15.6. The molecule has 8 nitrogen and oxygen atoms in total. The van der Waals surface area contributed by atoms with Crippen molar-refractivity contribution in [2.75, 3.05) is 12.4 Å². The Balaban J connectivity index is 1.37. The molecule has 2 fully saturated rings. The van der Waals surface area contributed by atoms with Gasteiger partial charge in [0.2, 0.25) is 5.91 Å². The summed E-state index contributed by atoms with van der Waals surface area (Å²) in [5.41, 5.74) is 0.938. The van der Waals surface area contributed by atoms with E-state index in [-0.39, 0.29) is 24.5 Å². The van der Waals surface area contributed by atoms with E-state index in [0.717, 1.165) is 5.56 Å². The lowest BCUT2D eigenvalue weighted by Gasteiger charge is -2.52. The summed E-state index contributed by atoms with van der Waals surface area (Å²) in [5, 5.41) is 2.17. The minimum absolute atomic E-state index is 0.0269. The third kappa shape index (κ3) is 4.54. The molecule has 0 radical (unpaired) electrons. The first-order valence-corrected chi connectivity index (χ1v) is 11.0. The van der Waals surface area contributed by atoms with Gasteiger partial charge in [-0.3, -0.25) is 9.59 Å². The third-order valence-electron chi connectivity index (χ3n) is 5.11. The van der Waals surface area contributed by atoms with Crippen molar-refractivity contribution in [2.24, 2.45) is 0 Å². The highest BCUT2D eigenvalue weighted by molar-refractivity contribution is 8.00. The van der Waals surface area contributed by atoms with Gasteiger partial charge in [0.25, 0.3) is 5.91 Å². The smallest absolute Gasteiger partial charge is 0.334 e. The average Bonchev–Trinajstić information content (AvgIpc) is 2.84. The van der Waals surface area contributed by atoms with Crippen molar-refractivity contribution < 1.29 is 28.7 Å². The van der Waals surface area contributed by atoms with Gasteiger partial charge in [-0.1, -0.05) is 48.5 Å². The van der Waals surface area contributed by atoms with Gasteiger partial charge in [0, 0.05) is 5.75 Å². The molecule has 4 rings (SSSR count). The highest BCUT2D eigenvalue weighted by Crippen LogP contribution is 2.40. The SMILES string of the molecule is O=C=C1CS[C@H]2C(NC(=O)COc3ccccc3)C(=O)N2C1C(=O)OCc1ccccc1. The fourth-order valence-electron chi connectivity index (χ4n) is 3.52. The fourth-order valence-corrected chi connectivity index (χ4v) is 4.85. The summed E-state index contributed by atoms with van der Waals surface area (Å²) in [7, 11) is 0. The van der Waals surface area contributed by atoms with E-state index in [4.69, 9.17) is 9.47 Å². The normalized spacial score (nSPS) is 21.6. The number of thioether (sulfide) groups is 1. The second-order valence-electron chi connectivity index (χ2n) is 7.22. The number of hydrogen-bond donors (Lipinski definition) is 1. The molecule has 0 bridgehead atoms. The van der Waals surface area contributed by atoms with E-state index >= 15 is 0 Å². The molecule has 32 heavy (non-hydrogen) atoms. The molecule has 0 aromatic heterocycles. The zero-order valence-corrected chi connectivity index (χ0v) is 17.7. The number of amides is 2. The average molecular weight is 452 g/mol. The van der Waals surface area contributed by atoms with E-state index in [9.17, 15) is 19.2 Å². The van der Waals surface area contributed by atoms with E-state index in [1.165, 1.54) is 16.7 Å². The van der Waals surface area contributed by atoms with Crippen LogP contribution in [0.4, 0.5) is 0 Å². The maximum Gasteiger partial charge on any atom is 0.334 e. The molecule has 0 saturated carbocycles. The Bertz CT molecular complexity index is 1050. The summed E-state index contributed by atoms with van der Waals surface area (Å²) in [6.45, 7) is -0.216. The maximum atomic E-state index is 12.8. The highest BCUT2D eigenvalue weighted by atomic mass is 32.2. The number of rotatable bonds is 7. The van der Waals surface area contributed by atoms with Crippen LogP contribution in [0, 0.1) is 0 Å². The van der Waals surface area contributed by atoms with Crippen LogP contribution in [0.15, 0.2) is 66.2 Å². The molecule has 2 aromatic rings. The molecule has 9 heteroatoms. The molecule has 2 aliphatic rings. The molecule has 2 aliphatic heterocycles. The number of carbonyl (C=O) groups is 3. The summed E-state index contributed by atoms with van der Waals surface area (Å²) >= 11 is 1.29. The fraction of sp³-hybridized carbons (Fsp3) is 0.261. The quantitative estimate of drug-likeness (QED) is 0.384. The summed E-state index contributed by atoms with van der Waals surface area (Å²) in [6, 6.07) is 16.0. The Hall–Kier alpha value is -3.55. The molecule has 0 aliphatic carbocycles. The van der Waals surface area contributed by atoms with Gasteiger partial charge < -0.3 is 19.7 Å². The van der Waals surface area contributed by atoms with Crippen molar-refractivity contribution in [1.29, 1.82) is 0 Å². The van der Waals surface area contributed by atoms with Crippen LogP contribution >= 0.6 is 11.8 Å². The number of ether oxygens (including phenoxy) is 2. The highest BCUT2D eigenvalue weighted by Gasteiger charge is 2.57. The van der Waals surface area contributed by atoms with Crippen LogP contribution in [0.5, 0.6) is 5.75 Å². The van der Waals surface area contributed by atoms with Crippen molar-refractivity contribution in [3.63, 3.8) is 0 Å². The minimum atomic E-state index is -1.14. The number of β-lactam (4-membered cyclic amide) rings is 1. The molecule has 164 valence electrons. The van der Waals surface area contributed by atoms with Gasteiger partial charge in [0.05, 0.1) is 5.57 Å². The molecule has 3 atom stereocenters. The van der Waals surface area contributed by atoms with Crippen LogP contribution in [-0.2, 0) is 30.5 Å². The minimum Gasteiger partial charge on any atom is -0.484 e. The van der Waals surface area contributed by atoms with Crippen LogP contribution < -0.4 is 10.1 Å². The van der Waals surface area contributed by atoms with E-state index in [1.54, 1.807) is 42.3 Å². The van der Waals surface area contributed by atoms with Gasteiger partial charge in [0.15, 0.2) is 12.6 Å². The van der Waals surface area contributed by atoms with Gasteiger partial charge in [0.1, 0.15) is 29.7 Å². The van der Waals surface area contributed by atoms with Crippen molar-refractivity contribution in [3.8, 4) is 5.75 Å². The molecule has 2 amide bonds. The van der Waals surface area contributed by atoms with Crippen LogP contribution in [0.1, 0.15) is 5.56 Å². The Morgan fingerprint density at radius 3 is 2.47 bits per heavy atom. The Morgan fingerprint density at radius 2 is 1.78 bits per heavy atom. The lowest BCUT2D eigenvalue weighted by atomic mass is 9.98. The number of nitrogens with one attached hydrogen (secondary N) is 1. The van der Waals surface area contributed by atoms with Crippen molar-refractivity contribution in [1.82, 2.24) is 10.2 Å². The molecule has 2 heterocycles. The molecule has 2 aromatic carbocycles. The molecule has 0 spiro atoms. The van der Waals surface area contributed by atoms with Crippen LogP contribution in [0.3, 0.4) is 0 Å². The number of hydrogen-bond acceptors (Lipinski definition) is 7. The van der Waals surface area contributed by atoms with Gasteiger partial charge >= 0.3 is 5.97 Å². The monoisotopic (exact) mass is 452 g/mol. The summed E-state index contributed by atoms with van der Waals surface area (Å²) in [4.78, 5) is 50.4. The predicted molar refractivity (Wildman–Crippen MR) is 116 cm³/mol. The van der Waals surface area contributed by atoms with Crippen molar-refractivity contribution in [3.05, 3.63) is 71.8 Å². The largest absolute Gasteiger partial charge is 0.484 e. The maximum absolute atomic E-state index is 12.8. The number of para-hydroxylation sites is 1. The van der Waals surface area contributed by atoms with Gasteiger partial charge in [-0.25, -0.2) is 9.59 Å². The van der Waals surface area contributed by atoms with Gasteiger partial charge in [-0.05, 0) is 17.7 Å². The first-order valence-electron chi connectivity index (χ1n) is 9.94. The molecule has 2 saturated heterocycles. The summed E-state index contributed by atoms with van der Waals surface area (Å²) in [5.74, 6) is 0.937. The van der Waals surface area contributed by atoms with E-state index in [0.29, 0.717) is 5.75 Å². The topological polar surface area (TPSA) is 102 Å². The van der Waals surface area contributed by atoms with Gasteiger partial charge in [-0.15, -0.1) is 11.8 Å².